The normalized spacial score (nSPS) is 11.5. The lowest BCUT2D eigenvalue weighted by Gasteiger charge is -2.19. The van der Waals surface area contributed by atoms with E-state index in [0.717, 1.165) is 16.7 Å². The molecule has 0 aliphatic carbocycles. The van der Waals surface area contributed by atoms with Crippen LogP contribution in [0.2, 0.25) is 5.02 Å². The summed E-state index contributed by atoms with van der Waals surface area (Å²) in [7, 11) is 0. The number of halogens is 4. The quantitative estimate of drug-likeness (QED) is 0.108. The van der Waals surface area contributed by atoms with Crippen molar-refractivity contribution in [3.05, 3.63) is 95.0 Å². The Bertz CT molecular complexity index is 1520. The van der Waals surface area contributed by atoms with Crippen molar-refractivity contribution in [2.45, 2.75) is 44.4 Å². The molecule has 0 aliphatic rings. The number of hydrogen-bond donors (Lipinski definition) is 4. The Labute approximate surface area is 273 Å². The molecule has 11 nitrogen and oxygen atoms in total. The van der Waals surface area contributed by atoms with Gasteiger partial charge in [-0.25, -0.2) is 24.2 Å². The zero-order chi connectivity index (χ0) is 34.2. The molecule has 0 heterocycles. The lowest BCUT2D eigenvalue weighted by molar-refractivity contribution is -0.286. The fourth-order valence-corrected chi connectivity index (χ4v) is 4.33. The number of benzene rings is 3. The topological polar surface area (TPSA) is 152 Å². The van der Waals surface area contributed by atoms with Crippen LogP contribution in [0.25, 0.3) is 11.1 Å². The van der Waals surface area contributed by atoms with E-state index in [2.05, 4.69) is 31.0 Å². The van der Waals surface area contributed by atoms with Crippen molar-refractivity contribution >= 4 is 41.4 Å². The molecule has 0 aliphatic heterocycles. The largest absolute Gasteiger partial charge is 0.495 e. The van der Waals surface area contributed by atoms with Gasteiger partial charge in [0.15, 0.2) is 0 Å². The zero-order valence-corrected chi connectivity index (χ0v) is 25.7. The molecule has 15 heteroatoms. The Hall–Kier alpha value is -5.11. The summed E-state index contributed by atoms with van der Waals surface area (Å²) in [4.78, 5) is 67.5. The Kier molecular flexibility index (Phi) is 14.0. The summed E-state index contributed by atoms with van der Waals surface area (Å²) in [5.74, 6) is -5.21. The molecule has 0 saturated carbocycles. The summed E-state index contributed by atoms with van der Waals surface area (Å²) in [5, 5.41) is 10.9. The van der Waals surface area contributed by atoms with Crippen molar-refractivity contribution in [2.75, 3.05) is 13.1 Å². The molecular weight excluding hydrogens is 645 g/mol. The number of hydrogen-bond acceptors (Lipinski definition) is 7. The SMILES string of the molecule is O=C(CCCCNC(=O)NCc1ccccc1Cl)NCC(=O)NC(CC(=O)OOC(=O)C(F)(F)F)c1ccc(-c2ccccc2)cc1. The van der Waals surface area contributed by atoms with Gasteiger partial charge in [-0.05, 0) is 41.2 Å². The number of urea groups is 1. The molecule has 0 aromatic heterocycles. The summed E-state index contributed by atoms with van der Waals surface area (Å²) < 4.78 is 37.2. The van der Waals surface area contributed by atoms with Crippen LogP contribution in [0.4, 0.5) is 18.0 Å². The third-order valence-corrected chi connectivity index (χ3v) is 6.90. The number of nitrogens with one attached hydrogen (secondary N) is 4. The van der Waals surface area contributed by atoms with Crippen molar-refractivity contribution in [3.63, 3.8) is 0 Å². The van der Waals surface area contributed by atoms with E-state index in [9.17, 15) is 37.1 Å². The van der Waals surface area contributed by atoms with Crippen LogP contribution in [-0.2, 0) is 35.5 Å². The Morgan fingerprint density at radius 3 is 2.09 bits per heavy atom. The molecule has 4 amide bonds. The highest BCUT2D eigenvalue weighted by Gasteiger charge is 2.43. The third kappa shape index (κ3) is 13.0. The molecule has 4 N–H and O–H groups in total. The monoisotopic (exact) mass is 676 g/mol. The van der Waals surface area contributed by atoms with Gasteiger partial charge in [-0.15, -0.1) is 0 Å². The average molecular weight is 677 g/mol. The molecule has 3 rings (SSSR count). The summed E-state index contributed by atoms with van der Waals surface area (Å²) in [5.41, 5.74) is 2.88. The van der Waals surface area contributed by atoms with Crippen LogP contribution in [0, 0.1) is 0 Å². The fourth-order valence-electron chi connectivity index (χ4n) is 4.13. The maximum atomic E-state index is 12.7. The zero-order valence-electron chi connectivity index (χ0n) is 24.9. The molecule has 0 bridgehead atoms. The second-order valence-electron chi connectivity index (χ2n) is 10.1. The number of amides is 4. The van der Waals surface area contributed by atoms with Gasteiger partial charge in [0.2, 0.25) is 11.8 Å². The minimum atomic E-state index is -5.37. The number of unbranched alkanes of at least 4 members (excludes halogenated alkanes) is 1. The average Bonchev–Trinajstić information content (AvgIpc) is 3.05. The van der Waals surface area contributed by atoms with Gasteiger partial charge in [-0.1, -0.05) is 84.4 Å². The lowest BCUT2D eigenvalue weighted by atomic mass is 9.99. The molecule has 3 aromatic rings. The van der Waals surface area contributed by atoms with Crippen molar-refractivity contribution in [3.8, 4) is 11.1 Å². The molecule has 1 unspecified atom stereocenters. The van der Waals surface area contributed by atoms with Gasteiger partial charge in [0.25, 0.3) is 0 Å². The van der Waals surface area contributed by atoms with Crippen LogP contribution >= 0.6 is 11.6 Å². The minimum absolute atomic E-state index is 0.0669. The van der Waals surface area contributed by atoms with Gasteiger partial charge in [-0.3, -0.25) is 9.59 Å². The fraction of sp³-hybridized carbons (Fsp3) is 0.281. The second kappa shape index (κ2) is 18.1. The highest BCUT2D eigenvalue weighted by Crippen LogP contribution is 2.24. The van der Waals surface area contributed by atoms with Crippen LogP contribution < -0.4 is 21.3 Å². The van der Waals surface area contributed by atoms with E-state index >= 15 is 0 Å². The minimum Gasteiger partial charge on any atom is -0.347 e. The molecule has 47 heavy (non-hydrogen) atoms. The van der Waals surface area contributed by atoms with Crippen LogP contribution in [0.3, 0.4) is 0 Å². The standard InChI is InChI=1S/C32H32ClF3N4O7/c33-25-11-5-4-10-24(25)19-39-31(45)37-17-7-6-12-27(41)38-20-28(42)40-26(18-29(43)46-47-30(44)32(34,35)36)23-15-13-22(14-16-23)21-8-2-1-3-9-21/h1-5,8-11,13-16,26H,6-7,12,17-20H2,(H,38,41)(H,40,42)(H2,37,39,45). The molecular formula is C32H32ClF3N4O7. The predicted molar refractivity (Wildman–Crippen MR) is 164 cm³/mol. The number of rotatable bonds is 14. The lowest BCUT2D eigenvalue weighted by Crippen LogP contribution is -2.39. The molecule has 250 valence electrons. The Morgan fingerprint density at radius 2 is 1.40 bits per heavy atom. The number of carbonyl (C=O) groups is 5. The van der Waals surface area contributed by atoms with Gasteiger partial charge in [0.1, 0.15) is 0 Å². The molecule has 0 saturated heterocycles. The van der Waals surface area contributed by atoms with Crippen molar-refractivity contribution in [1.29, 1.82) is 0 Å². The van der Waals surface area contributed by atoms with E-state index in [0.29, 0.717) is 30.0 Å². The first kappa shape index (κ1) is 36.4. The van der Waals surface area contributed by atoms with Crippen molar-refractivity contribution < 1.29 is 46.9 Å². The van der Waals surface area contributed by atoms with Crippen LogP contribution in [-0.4, -0.2) is 49.0 Å². The Morgan fingerprint density at radius 1 is 0.745 bits per heavy atom. The molecule has 0 spiro atoms. The first-order chi connectivity index (χ1) is 22.4. The first-order valence-electron chi connectivity index (χ1n) is 14.4. The maximum Gasteiger partial charge on any atom is 0.495 e. The van der Waals surface area contributed by atoms with E-state index in [1.54, 1.807) is 48.5 Å². The summed E-state index contributed by atoms with van der Waals surface area (Å²) in [6.45, 7) is 0.0992. The van der Waals surface area contributed by atoms with E-state index < -0.39 is 55.0 Å². The predicted octanol–water partition coefficient (Wildman–Crippen LogP) is 4.90. The highest BCUT2D eigenvalue weighted by molar-refractivity contribution is 6.31. The third-order valence-electron chi connectivity index (χ3n) is 6.53. The highest BCUT2D eigenvalue weighted by atomic mass is 35.5. The van der Waals surface area contributed by atoms with E-state index in [1.807, 2.05) is 30.3 Å². The molecule has 3 aromatic carbocycles. The molecule has 1 atom stereocenters. The maximum absolute atomic E-state index is 12.7. The number of alkyl halides is 3. The smallest absolute Gasteiger partial charge is 0.347 e. The van der Waals surface area contributed by atoms with E-state index in [-0.39, 0.29) is 13.0 Å². The summed E-state index contributed by atoms with van der Waals surface area (Å²) >= 11 is 6.06. The van der Waals surface area contributed by atoms with Crippen LogP contribution in [0.15, 0.2) is 78.9 Å². The van der Waals surface area contributed by atoms with Crippen LogP contribution in [0.1, 0.15) is 42.9 Å². The molecule has 0 radical (unpaired) electrons. The summed E-state index contributed by atoms with van der Waals surface area (Å²) in [6.07, 6.45) is -5.09. The van der Waals surface area contributed by atoms with Crippen molar-refractivity contribution in [2.24, 2.45) is 0 Å². The van der Waals surface area contributed by atoms with Gasteiger partial charge in [0, 0.05) is 24.5 Å². The van der Waals surface area contributed by atoms with Gasteiger partial charge in [-0.2, -0.15) is 13.2 Å². The molecule has 0 fully saturated rings. The Balaban J connectivity index is 1.45. The summed E-state index contributed by atoms with van der Waals surface area (Å²) in [6, 6.07) is 21.5. The first-order valence-corrected chi connectivity index (χ1v) is 14.7. The number of carbonyl (C=O) groups excluding carboxylic acids is 5. The van der Waals surface area contributed by atoms with Crippen LogP contribution in [0.5, 0.6) is 0 Å². The van der Waals surface area contributed by atoms with E-state index in [1.165, 1.54) is 0 Å². The van der Waals surface area contributed by atoms with Crippen molar-refractivity contribution in [1.82, 2.24) is 21.3 Å². The second-order valence-corrected chi connectivity index (χ2v) is 10.5. The van der Waals surface area contributed by atoms with E-state index in [4.69, 9.17) is 11.6 Å². The van der Waals surface area contributed by atoms with Gasteiger partial charge >= 0.3 is 24.1 Å². The van der Waals surface area contributed by atoms with Gasteiger partial charge in [0.05, 0.1) is 19.0 Å². The van der Waals surface area contributed by atoms with Gasteiger partial charge < -0.3 is 21.3 Å².